The summed E-state index contributed by atoms with van der Waals surface area (Å²) in [6.07, 6.45) is 2.70. The van der Waals surface area contributed by atoms with Crippen LogP contribution in [0, 0.1) is 45.9 Å². The summed E-state index contributed by atoms with van der Waals surface area (Å²) in [4.78, 5) is 114. The monoisotopic (exact) mass is 897 g/mol. The zero-order valence-electron chi connectivity index (χ0n) is 29.4. The van der Waals surface area contributed by atoms with Crippen molar-refractivity contribution in [2.45, 2.75) is 32.1 Å². The number of carboxylic acid groups (broad SMARTS) is 4. The maximum absolute atomic E-state index is 12.8. The van der Waals surface area contributed by atoms with Gasteiger partial charge in [0.15, 0.2) is 5.78 Å². The normalized spacial score (nSPS) is 17.2. The number of unbranched alkanes of at least 4 members (excludes halogenated alkanes) is 1. The van der Waals surface area contributed by atoms with E-state index in [1.54, 1.807) is 19.6 Å². The van der Waals surface area contributed by atoms with Crippen molar-refractivity contribution in [3.63, 3.8) is 0 Å². The van der Waals surface area contributed by atoms with Gasteiger partial charge < -0.3 is 31.1 Å². The SMILES string of the molecule is O=C(O)CN1CCN(CC(=O)O)CCN(CC(=O)NCCC(=O)NCC(=O)C[C@@H](CCCCN2C(=O)C=CC2=O)C(=O)O)CCN(CC(=O)O)CC1.[Gd]. The van der Waals surface area contributed by atoms with Crippen molar-refractivity contribution in [1.29, 1.82) is 0 Å². The number of nitrogens with zero attached hydrogens (tertiary/aromatic N) is 5. The molecule has 2 heterocycles. The van der Waals surface area contributed by atoms with Crippen LogP contribution in [0.15, 0.2) is 12.2 Å². The van der Waals surface area contributed by atoms with Gasteiger partial charge in [0.1, 0.15) is 0 Å². The summed E-state index contributed by atoms with van der Waals surface area (Å²) in [5.41, 5.74) is 0. The van der Waals surface area contributed by atoms with E-state index in [0.29, 0.717) is 12.8 Å². The molecule has 0 bridgehead atoms. The fourth-order valence-corrected chi connectivity index (χ4v) is 5.62. The van der Waals surface area contributed by atoms with Gasteiger partial charge in [-0.15, -0.1) is 0 Å². The average Bonchev–Trinajstić information content (AvgIpc) is 3.37. The van der Waals surface area contributed by atoms with Crippen molar-refractivity contribution in [2.24, 2.45) is 5.92 Å². The smallest absolute Gasteiger partial charge is 0.317 e. The van der Waals surface area contributed by atoms with Crippen LogP contribution >= 0.6 is 0 Å². The number of nitrogens with one attached hydrogen (secondary N) is 2. The fourth-order valence-electron chi connectivity index (χ4n) is 5.62. The molecule has 6 N–H and O–H groups in total. The standard InChI is InChI=1S/C32H49N7O13.Gd/c40-24(17-23(32(51)52)3-1-2-8-39-27(43)4-5-28(39)44)18-34-25(41)6-7-33-26(42)19-35-9-11-36(20-29(45)46)13-15-38(22-31(49)50)16-14-37(12-10-35)21-30(47)48;/h4-5,23H,1-3,6-22H2,(H,33,42)(H,34,41)(H,45,46)(H,47,48)(H,49,50)(H,51,52);/t23-;/m1./s1. The first kappa shape index (κ1) is 47.6. The van der Waals surface area contributed by atoms with Crippen molar-refractivity contribution in [3.05, 3.63) is 12.2 Å². The third kappa shape index (κ3) is 20.5. The predicted octanol–water partition coefficient (Wildman–Crippen LogP) is -3.16. The second kappa shape index (κ2) is 25.5. The van der Waals surface area contributed by atoms with E-state index in [4.69, 9.17) is 0 Å². The largest absolute Gasteiger partial charge is 0.481 e. The molecule has 0 aromatic heterocycles. The van der Waals surface area contributed by atoms with Gasteiger partial charge in [0.2, 0.25) is 11.8 Å². The van der Waals surface area contributed by atoms with Crippen LogP contribution in [0.25, 0.3) is 0 Å². The summed E-state index contributed by atoms with van der Waals surface area (Å²) in [6, 6.07) is 0. The first-order chi connectivity index (χ1) is 24.6. The average molecular weight is 897 g/mol. The molecule has 0 aromatic carbocycles. The molecule has 0 radical (unpaired) electrons. The minimum atomic E-state index is -1.18. The maximum atomic E-state index is 12.8. The van der Waals surface area contributed by atoms with Gasteiger partial charge in [0, 0.05) is 130 Å². The zero-order chi connectivity index (χ0) is 38.6. The number of aliphatic carboxylic acids is 4. The molecule has 0 saturated carbocycles. The number of rotatable bonds is 21. The number of hydrogen-bond donors (Lipinski definition) is 6. The Kier molecular flexibility index (Phi) is 22.9. The van der Waals surface area contributed by atoms with Crippen molar-refractivity contribution in [1.82, 2.24) is 35.1 Å². The molecule has 4 amide bonds. The van der Waals surface area contributed by atoms with Gasteiger partial charge in [0.05, 0.1) is 38.6 Å². The number of Topliss-reactive ketones (excluding diaryl/α,β-unsaturated/α-hetero) is 1. The molecule has 20 nitrogen and oxygen atoms in total. The summed E-state index contributed by atoms with van der Waals surface area (Å²) in [5.74, 6) is -7.75. The predicted molar refractivity (Wildman–Crippen MR) is 180 cm³/mol. The Morgan fingerprint density at radius 2 is 1.06 bits per heavy atom. The molecular formula is C32H49GdN7O13. The van der Waals surface area contributed by atoms with Crippen LogP contribution in [0.5, 0.6) is 0 Å². The van der Waals surface area contributed by atoms with Gasteiger partial charge in [-0.05, 0) is 12.8 Å². The van der Waals surface area contributed by atoms with Crippen LogP contribution in [0.3, 0.4) is 0 Å². The Balaban J connectivity index is 0.0000140. The van der Waals surface area contributed by atoms with E-state index in [2.05, 4.69) is 10.6 Å². The van der Waals surface area contributed by atoms with Crippen LogP contribution < -0.4 is 10.6 Å². The Morgan fingerprint density at radius 3 is 1.47 bits per heavy atom. The topological polar surface area (TPSA) is 275 Å². The first-order valence-electron chi connectivity index (χ1n) is 17.0. The Morgan fingerprint density at radius 1 is 0.623 bits per heavy atom. The molecule has 0 spiro atoms. The van der Waals surface area contributed by atoms with E-state index >= 15 is 0 Å². The summed E-state index contributed by atoms with van der Waals surface area (Å²) in [6.45, 7) is 0.537. The number of carboxylic acids is 4. The number of carbonyl (C=O) groups excluding carboxylic acids is 5. The molecular weight excluding hydrogens is 848 g/mol. The second-order valence-corrected chi connectivity index (χ2v) is 12.6. The van der Waals surface area contributed by atoms with Crippen LogP contribution in [0.4, 0.5) is 0 Å². The van der Waals surface area contributed by atoms with E-state index in [0.717, 1.165) is 17.1 Å². The summed E-state index contributed by atoms with van der Waals surface area (Å²) in [7, 11) is 0. The quantitative estimate of drug-likeness (QED) is 0.0490. The number of amides is 4. The summed E-state index contributed by atoms with van der Waals surface area (Å²) in [5, 5.41) is 42.5. The van der Waals surface area contributed by atoms with Crippen molar-refractivity contribution in [2.75, 3.05) is 98.2 Å². The minimum Gasteiger partial charge on any atom is -0.481 e. The van der Waals surface area contributed by atoms with Gasteiger partial charge >= 0.3 is 23.9 Å². The van der Waals surface area contributed by atoms with E-state index in [1.165, 1.54) is 0 Å². The van der Waals surface area contributed by atoms with E-state index in [-0.39, 0.29) is 151 Å². The zero-order valence-corrected chi connectivity index (χ0v) is 31.7. The Labute approximate surface area is 338 Å². The number of carbonyl (C=O) groups is 9. The van der Waals surface area contributed by atoms with Crippen molar-refractivity contribution >= 4 is 53.3 Å². The van der Waals surface area contributed by atoms with Crippen molar-refractivity contribution < 1.29 is 104 Å². The molecule has 2 aliphatic heterocycles. The number of imide groups is 1. The second-order valence-electron chi connectivity index (χ2n) is 12.6. The van der Waals surface area contributed by atoms with Gasteiger partial charge in [0.25, 0.3) is 11.8 Å². The van der Waals surface area contributed by atoms with Crippen molar-refractivity contribution in [3.8, 4) is 0 Å². The molecule has 2 aliphatic rings. The van der Waals surface area contributed by atoms with Crippen LogP contribution in [0.1, 0.15) is 32.1 Å². The first-order valence-corrected chi connectivity index (χ1v) is 17.0. The summed E-state index contributed by atoms with van der Waals surface area (Å²) >= 11 is 0. The molecule has 1 atom stereocenters. The summed E-state index contributed by atoms with van der Waals surface area (Å²) < 4.78 is 0. The third-order valence-corrected chi connectivity index (χ3v) is 8.44. The van der Waals surface area contributed by atoms with Gasteiger partial charge in [-0.25, -0.2) is 0 Å². The molecule has 1 saturated heterocycles. The minimum absolute atomic E-state index is 0. The Hall–Kier alpha value is -3.47. The molecule has 0 aliphatic carbocycles. The Bertz CT molecular complexity index is 1300. The van der Waals surface area contributed by atoms with Gasteiger partial charge in [-0.1, -0.05) is 6.42 Å². The van der Waals surface area contributed by atoms with E-state index in [9.17, 15) is 63.6 Å². The molecule has 21 heteroatoms. The molecule has 0 aromatic rings. The van der Waals surface area contributed by atoms with E-state index < -0.39 is 65.8 Å². The van der Waals surface area contributed by atoms with Crippen LogP contribution in [0.2, 0.25) is 0 Å². The molecule has 0 unspecified atom stereocenters. The maximum Gasteiger partial charge on any atom is 0.317 e. The molecule has 53 heavy (non-hydrogen) atoms. The fraction of sp³-hybridized carbons (Fsp3) is 0.656. The van der Waals surface area contributed by atoms with Gasteiger partial charge in [-0.2, -0.15) is 0 Å². The number of ketones is 1. The molecule has 298 valence electrons. The molecule has 1 fully saturated rings. The molecule has 2 rings (SSSR count). The van der Waals surface area contributed by atoms with E-state index in [1.807, 2.05) is 0 Å². The third-order valence-electron chi connectivity index (χ3n) is 8.44. The number of hydrogen-bond acceptors (Lipinski definition) is 13. The van der Waals surface area contributed by atoms with Crippen LogP contribution in [-0.4, -0.2) is 196 Å². The van der Waals surface area contributed by atoms with Gasteiger partial charge in [-0.3, -0.25) is 67.7 Å². The van der Waals surface area contributed by atoms with Crippen LogP contribution in [-0.2, 0) is 43.2 Å².